The molecule has 0 unspecified atom stereocenters. The first-order valence-electron chi connectivity index (χ1n) is 16.0. The van der Waals surface area contributed by atoms with E-state index in [1.54, 1.807) is 50.4 Å². The van der Waals surface area contributed by atoms with Crippen molar-refractivity contribution >= 4 is 41.6 Å². The number of nitrogens with zero attached hydrogens (tertiary/aromatic N) is 2. The van der Waals surface area contributed by atoms with Gasteiger partial charge in [-0.2, -0.15) is 0 Å². The summed E-state index contributed by atoms with van der Waals surface area (Å²) < 4.78 is 29.5. The SMILES string of the molecule is CCCCC1(CCCC)OB(c2ccc(N(C(=O)OC(C)(C)C)c3ccc(OC)cc3)cc2)N(c2c(OC)cccc2OC)C1=O. The molecule has 0 atom stereocenters. The Bertz CT molecular complexity index is 1440. The zero-order valence-corrected chi connectivity index (χ0v) is 28.4. The summed E-state index contributed by atoms with van der Waals surface area (Å²) in [5.74, 6) is 1.58. The second-order valence-electron chi connectivity index (χ2n) is 12.5. The third-order valence-corrected chi connectivity index (χ3v) is 8.03. The van der Waals surface area contributed by atoms with Crippen molar-refractivity contribution < 1.29 is 33.2 Å². The summed E-state index contributed by atoms with van der Waals surface area (Å²) in [6, 6.07) is 20.1. The number of benzene rings is 3. The van der Waals surface area contributed by atoms with E-state index in [-0.39, 0.29) is 5.91 Å². The highest BCUT2D eigenvalue weighted by molar-refractivity contribution is 6.77. The van der Waals surface area contributed by atoms with Gasteiger partial charge in [0.25, 0.3) is 0 Å². The number of methoxy groups -OCH3 is 3. The van der Waals surface area contributed by atoms with Crippen LogP contribution in [0.15, 0.2) is 66.7 Å². The number of anilines is 3. The van der Waals surface area contributed by atoms with Crippen molar-refractivity contribution in [2.75, 3.05) is 31.0 Å². The van der Waals surface area contributed by atoms with Gasteiger partial charge in [0.1, 0.15) is 34.1 Å². The second kappa shape index (κ2) is 14.9. The van der Waals surface area contributed by atoms with Gasteiger partial charge in [0.15, 0.2) is 0 Å². The van der Waals surface area contributed by atoms with E-state index in [9.17, 15) is 9.59 Å². The number of rotatable bonds is 13. The summed E-state index contributed by atoms with van der Waals surface area (Å²) >= 11 is 0. The maximum absolute atomic E-state index is 14.6. The molecule has 1 aliphatic heterocycles. The summed E-state index contributed by atoms with van der Waals surface area (Å²) in [5.41, 5.74) is 0.793. The molecule has 0 aromatic heterocycles. The molecule has 0 aliphatic carbocycles. The van der Waals surface area contributed by atoms with Crippen LogP contribution < -0.4 is 29.4 Å². The molecular formula is C36H47BN2O7. The molecule has 246 valence electrons. The molecule has 0 spiro atoms. The van der Waals surface area contributed by atoms with Crippen LogP contribution in [-0.4, -0.2) is 51.6 Å². The summed E-state index contributed by atoms with van der Waals surface area (Å²) in [6.07, 6.45) is 4.27. The Labute approximate surface area is 273 Å². The molecule has 1 heterocycles. The Kier molecular flexibility index (Phi) is 11.3. The molecule has 1 aliphatic rings. The first-order valence-corrected chi connectivity index (χ1v) is 16.0. The Morgan fingerprint density at radius 1 is 0.826 bits per heavy atom. The van der Waals surface area contributed by atoms with E-state index in [1.165, 1.54) is 4.90 Å². The molecule has 0 N–H and O–H groups in total. The number of para-hydroxylation sites is 1. The number of amides is 2. The monoisotopic (exact) mass is 630 g/mol. The minimum absolute atomic E-state index is 0.111. The molecule has 3 aromatic carbocycles. The zero-order chi connectivity index (χ0) is 33.5. The normalized spacial score (nSPS) is 14.3. The number of hydrogen-bond donors (Lipinski definition) is 0. The van der Waals surface area contributed by atoms with E-state index in [1.807, 2.05) is 63.2 Å². The van der Waals surface area contributed by atoms with E-state index in [4.69, 9.17) is 23.6 Å². The third kappa shape index (κ3) is 7.44. The van der Waals surface area contributed by atoms with Crippen LogP contribution in [0.5, 0.6) is 17.2 Å². The van der Waals surface area contributed by atoms with Crippen LogP contribution in [0.4, 0.5) is 21.9 Å². The molecule has 46 heavy (non-hydrogen) atoms. The smallest absolute Gasteiger partial charge is 0.460 e. The topological polar surface area (TPSA) is 86.8 Å². The fourth-order valence-electron chi connectivity index (χ4n) is 5.72. The Morgan fingerprint density at radius 3 is 1.80 bits per heavy atom. The molecule has 0 bridgehead atoms. The molecule has 3 aromatic rings. The van der Waals surface area contributed by atoms with Gasteiger partial charge < -0.3 is 28.4 Å². The molecule has 4 rings (SSSR count). The molecule has 0 saturated carbocycles. The van der Waals surface area contributed by atoms with E-state index in [0.717, 1.165) is 31.1 Å². The van der Waals surface area contributed by atoms with Gasteiger partial charge in [-0.15, -0.1) is 0 Å². The summed E-state index contributed by atoms with van der Waals surface area (Å²) in [4.78, 5) is 31.3. The predicted molar refractivity (Wildman–Crippen MR) is 183 cm³/mol. The average molecular weight is 631 g/mol. The van der Waals surface area contributed by atoms with Gasteiger partial charge in [0.2, 0.25) is 5.91 Å². The summed E-state index contributed by atoms with van der Waals surface area (Å²) in [6.45, 7) is 9.73. The van der Waals surface area contributed by atoms with Crippen molar-refractivity contribution in [2.24, 2.45) is 0 Å². The van der Waals surface area contributed by atoms with Gasteiger partial charge in [0, 0.05) is 0 Å². The summed E-state index contributed by atoms with van der Waals surface area (Å²) in [5, 5.41) is 0. The standard InChI is InChI=1S/C36H47BN2O7/c1-9-11-24-36(25-12-10-2)33(40)39(32-30(43-7)14-13-15-31(32)44-8)37(46-36)26-16-18-27(19-17-26)38(34(41)45-35(3,4)5)28-20-22-29(42-6)23-21-28/h13-23H,9-12,24-25H2,1-8H3. The largest absolute Gasteiger partial charge is 0.497 e. The van der Waals surface area contributed by atoms with Crippen LogP contribution in [0.2, 0.25) is 0 Å². The van der Waals surface area contributed by atoms with Crippen molar-refractivity contribution in [2.45, 2.75) is 84.3 Å². The first-order chi connectivity index (χ1) is 22.0. The van der Waals surface area contributed by atoms with Gasteiger partial charge in [-0.25, -0.2) is 9.69 Å². The number of carbonyl (C=O) groups excluding carboxylic acids is 2. The maximum Gasteiger partial charge on any atom is 0.460 e. The molecule has 0 radical (unpaired) electrons. The Hall–Kier alpha value is -4.18. The number of unbranched alkanes of at least 4 members (excludes halogenated alkanes) is 2. The van der Waals surface area contributed by atoms with E-state index in [0.29, 0.717) is 47.2 Å². The lowest BCUT2D eigenvalue weighted by Crippen LogP contribution is -2.47. The minimum Gasteiger partial charge on any atom is -0.497 e. The molecule has 9 nitrogen and oxygen atoms in total. The van der Waals surface area contributed by atoms with Crippen LogP contribution >= 0.6 is 0 Å². The second-order valence-corrected chi connectivity index (χ2v) is 12.5. The van der Waals surface area contributed by atoms with Crippen molar-refractivity contribution in [1.82, 2.24) is 0 Å². The quantitative estimate of drug-likeness (QED) is 0.179. The highest BCUT2D eigenvalue weighted by Gasteiger charge is 2.56. The van der Waals surface area contributed by atoms with Crippen LogP contribution in [0.1, 0.15) is 73.1 Å². The lowest BCUT2D eigenvalue weighted by molar-refractivity contribution is -0.130. The first kappa shape index (κ1) is 34.7. The minimum atomic E-state index is -0.993. The van der Waals surface area contributed by atoms with Gasteiger partial charge in [-0.05, 0) is 87.6 Å². The van der Waals surface area contributed by atoms with Gasteiger partial charge in [-0.3, -0.25) is 4.79 Å². The molecule has 10 heteroatoms. The van der Waals surface area contributed by atoms with Crippen LogP contribution in [0, 0.1) is 0 Å². The van der Waals surface area contributed by atoms with Crippen LogP contribution in [0.25, 0.3) is 0 Å². The number of carbonyl (C=O) groups is 2. The summed E-state index contributed by atoms with van der Waals surface area (Å²) in [7, 11) is 4.00. The van der Waals surface area contributed by atoms with E-state index >= 15 is 0 Å². The van der Waals surface area contributed by atoms with Crippen molar-refractivity contribution in [3.8, 4) is 17.2 Å². The van der Waals surface area contributed by atoms with Crippen LogP contribution in [0.3, 0.4) is 0 Å². The van der Waals surface area contributed by atoms with Crippen molar-refractivity contribution in [3.05, 3.63) is 66.7 Å². The van der Waals surface area contributed by atoms with Crippen molar-refractivity contribution in [3.63, 3.8) is 0 Å². The van der Waals surface area contributed by atoms with Crippen LogP contribution in [-0.2, 0) is 14.2 Å². The number of ether oxygens (including phenoxy) is 4. The van der Waals surface area contributed by atoms with E-state index < -0.39 is 24.3 Å². The Morgan fingerprint density at radius 2 is 1.35 bits per heavy atom. The average Bonchev–Trinajstić information content (AvgIpc) is 3.33. The highest BCUT2D eigenvalue weighted by atomic mass is 16.6. The lowest BCUT2D eigenvalue weighted by atomic mass is 9.71. The van der Waals surface area contributed by atoms with Crippen molar-refractivity contribution in [1.29, 1.82) is 0 Å². The van der Waals surface area contributed by atoms with Gasteiger partial charge in [0.05, 0.1) is 32.7 Å². The number of hydrogen-bond acceptors (Lipinski definition) is 7. The molecule has 1 fully saturated rings. The lowest BCUT2D eigenvalue weighted by Gasteiger charge is -2.28. The van der Waals surface area contributed by atoms with Gasteiger partial charge >= 0.3 is 13.1 Å². The van der Waals surface area contributed by atoms with E-state index in [2.05, 4.69) is 13.8 Å². The third-order valence-electron chi connectivity index (χ3n) is 8.03. The highest BCUT2D eigenvalue weighted by Crippen LogP contribution is 2.45. The molecule has 1 saturated heterocycles. The molecule has 2 amide bonds. The molecular weight excluding hydrogens is 583 g/mol. The fourth-order valence-corrected chi connectivity index (χ4v) is 5.72. The maximum atomic E-state index is 14.6. The zero-order valence-electron chi connectivity index (χ0n) is 28.4. The van der Waals surface area contributed by atoms with Gasteiger partial charge in [-0.1, -0.05) is 57.7 Å². The Balaban J connectivity index is 1.82. The predicted octanol–water partition coefficient (Wildman–Crippen LogP) is 7.66. The fraction of sp³-hybridized carbons (Fsp3) is 0.444.